The first-order valence-corrected chi connectivity index (χ1v) is 6.30. The molecule has 0 aliphatic heterocycles. The number of nitrogens with one attached hydrogen (secondary N) is 1. The second-order valence-corrected chi connectivity index (χ2v) is 4.50. The van der Waals surface area contributed by atoms with E-state index in [0.29, 0.717) is 18.4 Å². The molecule has 0 amide bonds. The summed E-state index contributed by atoms with van der Waals surface area (Å²) in [6.45, 7) is 2.65. The summed E-state index contributed by atoms with van der Waals surface area (Å²) in [5.74, 6) is 1.21. The van der Waals surface area contributed by atoms with Crippen LogP contribution in [0.5, 0.6) is 5.88 Å². The van der Waals surface area contributed by atoms with E-state index in [-0.39, 0.29) is 0 Å². The summed E-state index contributed by atoms with van der Waals surface area (Å²) in [7, 11) is 1.60. The van der Waals surface area contributed by atoms with Gasteiger partial charge in [0.2, 0.25) is 11.8 Å². The standard InChI is InChI=1S/C14H15N5O/c1-10-5-6-19-12(7-10)17-14(18-19)16-9-11-3-4-13(20-2)15-8-11/h3-8H,9H2,1-2H3,(H,16,18). The van der Waals surface area contributed by atoms with Crippen LogP contribution in [0.3, 0.4) is 0 Å². The maximum Gasteiger partial charge on any atom is 0.243 e. The van der Waals surface area contributed by atoms with Crippen molar-refractivity contribution in [1.29, 1.82) is 0 Å². The predicted octanol–water partition coefficient (Wildman–Crippen LogP) is 2.05. The molecule has 0 saturated heterocycles. The van der Waals surface area contributed by atoms with Crippen molar-refractivity contribution >= 4 is 11.6 Å². The number of fused-ring (bicyclic) bond motifs is 1. The van der Waals surface area contributed by atoms with Crippen LogP contribution in [-0.2, 0) is 6.54 Å². The molecular formula is C14H15N5O. The van der Waals surface area contributed by atoms with Crippen molar-refractivity contribution in [2.24, 2.45) is 0 Å². The Balaban J connectivity index is 1.72. The van der Waals surface area contributed by atoms with E-state index >= 15 is 0 Å². The molecule has 6 nitrogen and oxygen atoms in total. The maximum atomic E-state index is 5.02. The van der Waals surface area contributed by atoms with E-state index in [4.69, 9.17) is 4.74 Å². The number of ether oxygens (including phenoxy) is 1. The van der Waals surface area contributed by atoms with Gasteiger partial charge >= 0.3 is 0 Å². The minimum atomic E-state index is 0.603. The van der Waals surface area contributed by atoms with Gasteiger partial charge in [-0.2, -0.15) is 4.98 Å². The fraction of sp³-hybridized carbons (Fsp3) is 0.214. The van der Waals surface area contributed by atoms with Crippen molar-refractivity contribution in [3.05, 3.63) is 47.8 Å². The molecule has 0 spiro atoms. The van der Waals surface area contributed by atoms with Crippen molar-refractivity contribution in [3.63, 3.8) is 0 Å². The van der Waals surface area contributed by atoms with Gasteiger partial charge in [0.25, 0.3) is 0 Å². The van der Waals surface area contributed by atoms with Crippen LogP contribution in [0, 0.1) is 6.92 Å². The van der Waals surface area contributed by atoms with Crippen molar-refractivity contribution in [3.8, 4) is 5.88 Å². The predicted molar refractivity (Wildman–Crippen MR) is 75.8 cm³/mol. The van der Waals surface area contributed by atoms with Gasteiger partial charge in [0.1, 0.15) is 0 Å². The second kappa shape index (κ2) is 5.16. The minimum Gasteiger partial charge on any atom is -0.481 e. The number of rotatable bonds is 4. The molecule has 0 saturated carbocycles. The zero-order chi connectivity index (χ0) is 13.9. The van der Waals surface area contributed by atoms with Crippen molar-refractivity contribution in [1.82, 2.24) is 19.6 Å². The van der Waals surface area contributed by atoms with Crippen LogP contribution in [0.1, 0.15) is 11.1 Å². The highest BCUT2D eigenvalue weighted by Gasteiger charge is 2.03. The summed E-state index contributed by atoms with van der Waals surface area (Å²) in [6.07, 6.45) is 3.67. The van der Waals surface area contributed by atoms with Gasteiger partial charge in [-0.3, -0.25) is 0 Å². The summed E-state index contributed by atoms with van der Waals surface area (Å²) < 4.78 is 6.78. The monoisotopic (exact) mass is 269 g/mol. The van der Waals surface area contributed by atoms with Crippen molar-refractivity contribution in [2.75, 3.05) is 12.4 Å². The largest absolute Gasteiger partial charge is 0.481 e. The first-order chi connectivity index (χ1) is 9.74. The number of nitrogens with zero attached hydrogens (tertiary/aromatic N) is 4. The van der Waals surface area contributed by atoms with Crippen LogP contribution in [0.4, 0.5) is 5.95 Å². The lowest BCUT2D eigenvalue weighted by Gasteiger charge is -2.02. The Kier molecular flexibility index (Phi) is 3.20. The smallest absolute Gasteiger partial charge is 0.243 e. The summed E-state index contributed by atoms with van der Waals surface area (Å²) >= 11 is 0. The zero-order valence-corrected chi connectivity index (χ0v) is 11.4. The third-order valence-electron chi connectivity index (χ3n) is 2.95. The maximum absolute atomic E-state index is 5.02. The van der Waals surface area contributed by atoms with Crippen LogP contribution in [0.25, 0.3) is 5.65 Å². The lowest BCUT2D eigenvalue weighted by molar-refractivity contribution is 0.397. The molecule has 20 heavy (non-hydrogen) atoms. The summed E-state index contributed by atoms with van der Waals surface area (Å²) in [5, 5.41) is 7.54. The molecule has 0 atom stereocenters. The average molecular weight is 269 g/mol. The van der Waals surface area contributed by atoms with E-state index in [1.54, 1.807) is 17.8 Å². The van der Waals surface area contributed by atoms with Crippen LogP contribution in [-0.4, -0.2) is 26.7 Å². The Bertz CT molecular complexity index is 720. The number of pyridine rings is 2. The molecule has 0 radical (unpaired) electrons. The van der Waals surface area contributed by atoms with E-state index in [0.717, 1.165) is 16.8 Å². The number of hydrogen-bond acceptors (Lipinski definition) is 5. The highest BCUT2D eigenvalue weighted by atomic mass is 16.5. The molecule has 0 aliphatic rings. The summed E-state index contributed by atoms with van der Waals surface area (Å²) in [4.78, 5) is 8.57. The molecule has 0 unspecified atom stereocenters. The average Bonchev–Trinajstić information content (AvgIpc) is 2.87. The van der Waals surface area contributed by atoms with E-state index in [9.17, 15) is 0 Å². The van der Waals surface area contributed by atoms with Gasteiger partial charge < -0.3 is 10.1 Å². The Labute approximate surface area is 116 Å². The van der Waals surface area contributed by atoms with E-state index in [2.05, 4.69) is 20.4 Å². The molecular weight excluding hydrogens is 254 g/mol. The zero-order valence-electron chi connectivity index (χ0n) is 11.4. The summed E-state index contributed by atoms with van der Waals surface area (Å²) in [6, 6.07) is 7.78. The molecule has 102 valence electrons. The molecule has 3 aromatic rings. The Morgan fingerprint density at radius 1 is 1.30 bits per heavy atom. The molecule has 0 aliphatic carbocycles. The number of anilines is 1. The first-order valence-electron chi connectivity index (χ1n) is 6.30. The van der Waals surface area contributed by atoms with Gasteiger partial charge in [-0.15, -0.1) is 5.10 Å². The van der Waals surface area contributed by atoms with Gasteiger partial charge in [-0.05, 0) is 30.2 Å². The van der Waals surface area contributed by atoms with Gasteiger partial charge in [0.15, 0.2) is 5.65 Å². The number of aromatic nitrogens is 4. The minimum absolute atomic E-state index is 0.603. The van der Waals surface area contributed by atoms with E-state index in [1.165, 1.54) is 0 Å². The fourth-order valence-corrected chi connectivity index (χ4v) is 1.88. The highest BCUT2D eigenvalue weighted by Crippen LogP contribution is 2.10. The molecule has 0 bridgehead atoms. The third-order valence-corrected chi connectivity index (χ3v) is 2.95. The number of hydrogen-bond donors (Lipinski definition) is 1. The summed E-state index contributed by atoms with van der Waals surface area (Å²) in [5.41, 5.74) is 3.04. The van der Waals surface area contributed by atoms with Gasteiger partial charge in [-0.25, -0.2) is 9.50 Å². The molecule has 3 rings (SSSR count). The topological polar surface area (TPSA) is 64.3 Å². The van der Waals surface area contributed by atoms with E-state index < -0.39 is 0 Å². The van der Waals surface area contributed by atoms with Gasteiger partial charge in [0.05, 0.1) is 7.11 Å². The van der Waals surface area contributed by atoms with Gasteiger partial charge in [0, 0.05) is 25.0 Å². The number of aryl methyl sites for hydroxylation is 1. The van der Waals surface area contributed by atoms with Crippen LogP contribution in [0.2, 0.25) is 0 Å². The number of methoxy groups -OCH3 is 1. The molecule has 0 aromatic carbocycles. The second-order valence-electron chi connectivity index (χ2n) is 4.50. The van der Waals surface area contributed by atoms with E-state index in [1.807, 2.05) is 37.4 Å². The molecule has 1 N–H and O–H groups in total. The van der Waals surface area contributed by atoms with Crippen LogP contribution in [0.15, 0.2) is 36.7 Å². The van der Waals surface area contributed by atoms with Crippen molar-refractivity contribution in [2.45, 2.75) is 13.5 Å². The molecule has 6 heteroatoms. The normalized spacial score (nSPS) is 10.7. The molecule has 3 aromatic heterocycles. The van der Waals surface area contributed by atoms with Gasteiger partial charge in [-0.1, -0.05) is 6.07 Å². The lowest BCUT2D eigenvalue weighted by Crippen LogP contribution is -2.02. The quantitative estimate of drug-likeness (QED) is 0.785. The van der Waals surface area contributed by atoms with Crippen LogP contribution >= 0.6 is 0 Å². The first kappa shape index (κ1) is 12.4. The fourth-order valence-electron chi connectivity index (χ4n) is 1.88. The third kappa shape index (κ3) is 2.54. The molecule has 3 heterocycles. The Morgan fingerprint density at radius 2 is 2.20 bits per heavy atom. The van der Waals surface area contributed by atoms with Crippen molar-refractivity contribution < 1.29 is 4.74 Å². The SMILES string of the molecule is COc1ccc(CNc2nc3cc(C)ccn3n2)cn1. The highest BCUT2D eigenvalue weighted by molar-refractivity contribution is 5.45. The lowest BCUT2D eigenvalue weighted by atomic mass is 10.3. The molecule has 0 fully saturated rings. The Hall–Kier alpha value is -2.63. The van der Waals surface area contributed by atoms with Crippen LogP contribution < -0.4 is 10.1 Å². The Morgan fingerprint density at radius 3 is 2.95 bits per heavy atom.